The van der Waals surface area contributed by atoms with E-state index >= 15 is 0 Å². The van der Waals surface area contributed by atoms with Crippen LogP contribution in [0.25, 0.3) is 10.9 Å². The number of primary amides is 1. The summed E-state index contributed by atoms with van der Waals surface area (Å²) >= 11 is 1.36. The molecular weight excluding hydrogens is 847 g/mol. The van der Waals surface area contributed by atoms with E-state index < -0.39 is 95.3 Å². The predicted octanol–water partition coefficient (Wildman–Crippen LogP) is 0.171. The monoisotopic (exact) mass is 907 g/mol. The van der Waals surface area contributed by atoms with Gasteiger partial charge < -0.3 is 54.3 Å². The zero-order valence-corrected chi connectivity index (χ0v) is 37.5. The van der Waals surface area contributed by atoms with Gasteiger partial charge in [0.15, 0.2) is 17.3 Å². The number of Topliss-reactive ketones (excluding diaryl/α,β-unsaturated/α-hetero) is 1. The molecule has 2 aromatic carbocycles. The van der Waals surface area contributed by atoms with Gasteiger partial charge >= 0.3 is 5.97 Å². The molecule has 0 aliphatic carbocycles. The van der Waals surface area contributed by atoms with E-state index in [4.69, 9.17) is 22.9 Å². The van der Waals surface area contributed by atoms with Crippen LogP contribution >= 0.6 is 11.8 Å². The van der Waals surface area contributed by atoms with Crippen LogP contribution in [0.1, 0.15) is 65.4 Å². The number of thioether (sulfide) groups is 1. The first-order valence-electron chi connectivity index (χ1n) is 20.8. The first-order valence-corrected chi connectivity index (χ1v) is 22.1. The molecule has 0 fully saturated rings. The van der Waals surface area contributed by atoms with Crippen molar-refractivity contribution >= 4 is 81.5 Å². The van der Waals surface area contributed by atoms with Gasteiger partial charge in [0, 0.05) is 35.8 Å². The van der Waals surface area contributed by atoms with Gasteiger partial charge in [0.1, 0.15) is 30.2 Å². The highest BCUT2D eigenvalue weighted by Gasteiger charge is 2.45. The van der Waals surface area contributed by atoms with E-state index in [0.29, 0.717) is 17.7 Å². The van der Waals surface area contributed by atoms with Gasteiger partial charge in [0.25, 0.3) is 5.91 Å². The van der Waals surface area contributed by atoms with Crippen LogP contribution in [-0.4, -0.2) is 118 Å². The minimum atomic E-state index is -2.10. The van der Waals surface area contributed by atoms with Crippen LogP contribution in [0, 0.1) is 5.92 Å². The molecule has 7 unspecified atom stereocenters. The Morgan fingerprint density at radius 1 is 0.844 bits per heavy atom. The number of aromatic nitrogens is 1. The first-order chi connectivity index (χ1) is 30.2. The highest BCUT2D eigenvalue weighted by Crippen LogP contribution is 2.25. The van der Waals surface area contributed by atoms with Gasteiger partial charge in [-0.3, -0.25) is 43.5 Å². The normalized spacial score (nSPS) is 14.8. The van der Waals surface area contributed by atoms with Crippen molar-refractivity contribution in [1.29, 1.82) is 0 Å². The molecule has 1 heterocycles. The standard InChI is InChI=1S/C43H61N11O9S/c1-6-24(2)35(39(60)52-33(22-34(44)56)37(58)50-31(40(61)62)17-20-64-5)53-38(59)32(21-27-23-49-30-16-11-10-15-29(27)30)51-36(57)25(3)54(28-13-8-7-9-14-28)41(63)43(47,26(4)55)18-12-19-48-42(45)46/h7-11,13-16,23-25,31-33,35,49H,6,12,17-22,47H2,1-5H3,(H2,44,56)(H,50,58)(H,51,57)(H,52,60)(H,53,59)(H,61,62)(H4,45,46,48). The molecule has 0 saturated carbocycles. The quantitative estimate of drug-likeness (QED) is 0.0223. The molecule has 0 aliphatic heterocycles. The average Bonchev–Trinajstić information content (AvgIpc) is 3.66. The Morgan fingerprint density at radius 3 is 2.05 bits per heavy atom. The lowest BCUT2D eigenvalue weighted by Gasteiger charge is -2.36. The van der Waals surface area contributed by atoms with Crippen molar-refractivity contribution in [2.75, 3.05) is 23.5 Å². The van der Waals surface area contributed by atoms with E-state index in [-0.39, 0.29) is 43.9 Å². The Hall–Kier alpha value is -6.48. The Morgan fingerprint density at radius 2 is 1.45 bits per heavy atom. The number of fused-ring (bicyclic) bond motifs is 1. The molecule has 6 amide bonds. The number of aromatic amines is 1. The molecule has 1 aromatic heterocycles. The number of nitrogens with zero attached hydrogens (tertiary/aromatic N) is 2. The number of carbonyl (C=O) groups excluding carboxylic acids is 7. The van der Waals surface area contributed by atoms with E-state index in [9.17, 15) is 43.5 Å². The highest BCUT2D eigenvalue weighted by molar-refractivity contribution is 7.98. The zero-order valence-electron chi connectivity index (χ0n) is 36.7. The lowest BCUT2D eigenvalue weighted by atomic mass is 9.87. The van der Waals surface area contributed by atoms with Crippen molar-refractivity contribution in [1.82, 2.24) is 26.3 Å². The van der Waals surface area contributed by atoms with E-state index in [1.807, 2.05) is 18.2 Å². The Labute approximate surface area is 375 Å². The first kappa shape index (κ1) is 51.9. The van der Waals surface area contributed by atoms with Crippen LogP contribution in [0.2, 0.25) is 0 Å². The van der Waals surface area contributed by atoms with Crippen molar-refractivity contribution < 1.29 is 43.5 Å². The molecule has 0 bridgehead atoms. The number of carboxylic acids is 1. The summed E-state index contributed by atoms with van der Waals surface area (Å²) in [5, 5.41) is 20.7. The summed E-state index contributed by atoms with van der Waals surface area (Å²) in [6, 6.07) is 8.32. The summed E-state index contributed by atoms with van der Waals surface area (Å²) in [6.07, 6.45) is 3.04. The van der Waals surface area contributed by atoms with Gasteiger partial charge in [0.05, 0.1) is 6.42 Å². The maximum Gasteiger partial charge on any atom is 0.326 e. The molecule has 348 valence electrons. The van der Waals surface area contributed by atoms with Crippen molar-refractivity contribution in [2.45, 2.75) is 102 Å². The second-order valence-corrected chi connectivity index (χ2v) is 16.5. The van der Waals surface area contributed by atoms with Crippen molar-refractivity contribution in [2.24, 2.45) is 33.8 Å². The molecule has 64 heavy (non-hydrogen) atoms. The number of carbonyl (C=O) groups is 8. The fourth-order valence-electron chi connectivity index (χ4n) is 6.85. The number of aliphatic carboxylic acids is 1. The van der Waals surface area contributed by atoms with Crippen molar-refractivity contribution in [3.63, 3.8) is 0 Å². The second-order valence-electron chi connectivity index (χ2n) is 15.5. The van der Waals surface area contributed by atoms with E-state index in [2.05, 4.69) is 31.2 Å². The number of para-hydroxylation sites is 2. The SMILES string of the molecule is CCC(C)C(NC(=O)C(Cc1c[nH]c2ccccc12)NC(=O)C(C)N(C(=O)C(N)(CCCN=C(N)N)C(C)=O)c1ccccc1)C(=O)NC(CC(N)=O)C(=O)NC(CCSC)C(=O)O. The van der Waals surface area contributed by atoms with E-state index in [1.54, 1.807) is 62.7 Å². The number of ketones is 1. The third kappa shape index (κ3) is 14.3. The van der Waals surface area contributed by atoms with Gasteiger partial charge in [-0.05, 0) is 74.8 Å². The smallest absolute Gasteiger partial charge is 0.326 e. The number of amides is 6. The number of anilines is 1. The average molecular weight is 908 g/mol. The van der Waals surface area contributed by atoms with Crippen LogP contribution in [-0.2, 0) is 44.8 Å². The van der Waals surface area contributed by atoms with E-state index in [0.717, 1.165) is 15.8 Å². The summed E-state index contributed by atoms with van der Waals surface area (Å²) in [5.41, 5.74) is 22.4. The predicted molar refractivity (Wildman–Crippen MR) is 245 cm³/mol. The number of H-pyrrole nitrogens is 1. The molecule has 14 N–H and O–H groups in total. The summed E-state index contributed by atoms with van der Waals surface area (Å²) in [4.78, 5) is 116. The number of nitrogens with one attached hydrogen (secondary N) is 5. The number of benzene rings is 2. The molecule has 7 atom stereocenters. The second kappa shape index (κ2) is 24.4. The van der Waals surface area contributed by atoms with E-state index in [1.165, 1.54) is 25.6 Å². The van der Waals surface area contributed by atoms with Crippen LogP contribution in [0.15, 0.2) is 65.8 Å². The summed E-state index contributed by atoms with van der Waals surface area (Å²) in [5.74, 6) is -7.69. The third-order valence-corrected chi connectivity index (χ3v) is 11.5. The molecule has 0 saturated heterocycles. The van der Waals surface area contributed by atoms with Gasteiger partial charge in [-0.1, -0.05) is 56.7 Å². The largest absolute Gasteiger partial charge is 0.480 e. The number of hydrogen-bond acceptors (Lipinski definition) is 11. The lowest BCUT2D eigenvalue weighted by Crippen LogP contribution is -2.64. The highest BCUT2D eigenvalue weighted by atomic mass is 32.2. The number of aliphatic imine (C=N–C) groups is 1. The molecule has 20 nitrogen and oxygen atoms in total. The zero-order chi connectivity index (χ0) is 47.7. The van der Waals surface area contributed by atoms with Crippen LogP contribution in [0.4, 0.5) is 5.69 Å². The topological polar surface area (TPSA) is 340 Å². The van der Waals surface area contributed by atoms with Crippen LogP contribution < -0.4 is 49.1 Å². The number of rotatable bonds is 26. The number of carboxylic acid groups (broad SMARTS) is 1. The Kier molecular flexibility index (Phi) is 19.8. The fourth-order valence-corrected chi connectivity index (χ4v) is 7.32. The molecule has 0 aliphatic rings. The molecule has 3 rings (SSSR count). The number of hydrogen-bond donors (Lipinski definition) is 10. The van der Waals surface area contributed by atoms with Crippen LogP contribution in [0.3, 0.4) is 0 Å². The number of guanidine groups is 1. The van der Waals surface area contributed by atoms with Crippen LogP contribution in [0.5, 0.6) is 0 Å². The minimum absolute atomic E-state index is 0.0645. The van der Waals surface area contributed by atoms with Crippen molar-refractivity contribution in [3.8, 4) is 0 Å². The molecular formula is C43H61N11O9S. The van der Waals surface area contributed by atoms with Crippen molar-refractivity contribution in [3.05, 3.63) is 66.4 Å². The summed E-state index contributed by atoms with van der Waals surface area (Å²) in [6.45, 7) is 6.08. The number of nitrogens with two attached hydrogens (primary N) is 4. The Bertz CT molecular complexity index is 2160. The van der Waals surface area contributed by atoms with Gasteiger partial charge in [-0.25, -0.2) is 4.79 Å². The molecule has 0 radical (unpaired) electrons. The maximum atomic E-state index is 14.5. The molecule has 21 heteroatoms. The third-order valence-electron chi connectivity index (χ3n) is 10.8. The summed E-state index contributed by atoms with van der Waals surface area (Å²) < 4.78 is 0. The minimum Gasteiger partial charge on any atom is -0.480 e. The maximum absolute atomic E-state index is 14.5. The van der Waals surface area contributed by atoms with Gasteiger partial charge in [-0.2, -0.15) is 11.8 Å². The van der Waals surface area contributed by atoms with Gasteiger partial charge in [0.2, 0.25) is 29.5 Å². The molecule has 3 aromatic rings. The summed E-state index contributed by atoms with van der Waals surface area (Å²) in [7, 11) is 0. The fraction of sp³-hybridized carbons (Fsp3) is 0.465. The Balaban J connectivity index is 2.02. The molecule has 0 spiro atoms. The van der Waals surface area contributed by atoms with Gasteiger partial charge in [-0.15, -0.1) is 0 Å². The lowest BCUT2D eigenvalue weighted by molar-refractivity contribution is -0.142.